The first-order valence-corrected chi connectivity index (χ1v) is 7.74. The van der Waals surface area contributed by atoms with Crippen molar-refractivity contribution in [2.45, 2.75) is 6.92 Å². The third-order valence-electron chi connectivity index (χ3n) is 3.75. The van der Waals surface area contributed by atoms with Crippen LogP contribution in [-0.4, -0.2) is 47.7 Å². The molecular formula is C16H19N7. The van der Waals surface area contributed by atoms with Crippen molar-refractivity contribution in [3.63, 3.8) is 0 Å². The molecular weight excluding hydrogens is 290 g/mol. The van der Waals surface area contributed by atoms with Gasteiger partial charge in [0.25, 0.3) is 0 Å². The molecule has 23 heavy (non-hydrogen) atoms. The average molecular weight is 309 g/mol. The quantitative estimate of drug-likeness (QED) is 0.916. The minimum atomic E-state index is 0.455. The van der Waals surface area contributed by atoms with E-state index in [2.05, 4.69) is 36.1 Å². The number of nitriles is 1. The third kappa shape index (κ3) is 3.48. The van der Waals surface area contributed by atoms with E-state index < -0.39 is 0 Å². The van der Waals surface area contributed by atoms with E-state index >= 15 is 0 Å². The van der Waals surface area contributed by atoms with Gasteiger partial charge >= 0.3 is 0 Å². The Morgan fingerprint density at radius 1 is 1.09 bits per heavy atom. The summed E-state index contributed by atoms with van der Waals surface area (Å²) in [6, 6.07) is 9.57. The zero-order valence-corrected chi connectivity index (χ0v) is 13.1. The first-order valence-electron chi connectivity index (χ1n) is 7.74. The van der Waals surface area contributed by atoms with Gasteiger partial charge in [-0.1, -0.05) is 6.07 Å². The third-order valence-corrected chi connectivity index (χ3v) is 3.75. The normalized spacial score (nSPS) is 14.4. The highest BCUT2D eigenvalue weighted by Gasteiger charge is 2.19. The molecule has 1 saturated heterocycles. The van der Waals surface area contributed by atoms with Gasteiger partial charge < -0.3 is 15.1 Å². The zero-order valence-electron chi connectivity index (χ0n) is 13.1. The van der Waals surface area contributed by atoms with Gasteiger partial charge in [0.15, 0.2) is 0 Å². The van der Waals surface area contributed by atoms with Gasteiger partial charge in [0.2, 0.25) is 5.95 Å². The second-order valence-electron chi connectivity index (χ2n) is 5.24. The van der Waals surface area contributed by atoms with Crippen molar-refractivity contribution in [2.24, 2.45) is 0 Å². The van der Waals surface area contributed by atoms with Crippen molar-refractivity contribution in [1.82, 2.24) is 15.0 Å². The Bertz CT molecular complexity index is 702. The fourth-order valence-corrected chi connectivity index (χ4v) is 2.59. The summed E-state index contributed by atoms with van der Waals surface area (Å²) >= 11 is 0. The molecule has 1 aliphatic rings. The summed E-state index contributed by atoms with van der Waals surface area (Å²) in [7, 11) is 0. The van der Waals surface area contributed by atoms with Crippen molar-refractivity contribution < 1.29 is 0 Å². The van der Waals surface area contributed by atoms with Gasteiger partial charge in [0.05, 0.1) is 0 Å². The monoisotopic (exact) mass is 309 g/mol. The van der Waals surface area contributed by atoms with Gasteiger partial charge in [-0.05, 0) is 25.1 Å². The molecule has 0 aromatic carbocycles. The van der Waals surface area contributed by atoms with E-state index in [0.29, 0.717) is 11.6 Å². The van der Waals surface area contributed by atoms with Crippen molar-refractivity contribution >= 4 is 17.6 Å². The number of nitrogens with one attached hydrogen (secondary N) is 1. The Morgan fingerprint density at radius 3 is 2.43 bits per heavy atom. The molecule has 2 aromatic rings. The van der Waals surface area contributed by atoms with Crippen molar-refractivity contribution in [2.75, 3.05) is 47.8 Å². The van der Waals surface area contributed by atoms with E-state index in [1.165, 1.54) is 0 Å². The molecule has 3 heterocycles. The minimum absolute atomic E-state index is 0.455. The Kier molecular flexibility index (Phi) is 4.52. The van der Waals surface area contributed by atoms with Gasteiger partial charge in [-0.2, -0.15) is 10.2 Å². The summed E-state index contributed by atoms with van der Waals surface area (Å²) in [5, 5.41) is 12.1. The standard InChI is InChI=1S/C16H19N7/c1-2-18-16-19-7-6-15(21-16)23-10-8-22(9-11-23)14-5-3-4-13(12-17)20-14/h3-7H,2,8-11H2,1H3,(H,18,19,21). The molecule has 0 radical (unpaired) electrons. The predicted octanol–water partition coefficient (Wildman–Crippen LogP) is 1.50. The Hall–Kier alpha value is -2.88. The number of anilines is 3. The van der Waals surface area contributed by atoms with Crippen LogP contribution in [0.4, 0.5) is 17.6 Å². The molecule has 7 nitrogen and oxygen atoms in total. The maximum absolute atomic E-state index is 8.96. The summed E-state index contributed by atoms with van der Waals surface area (Å²) < 4.78 is 0. The lowest BCUT2D eigenvalue weighted by Crippen LogP contribution is -2.47. The van der Waals surface area contributed by atoms with E-state index in [1.807, 2.05) is 25.1 Å². The lowest BCUT2D eigenvalue weighted by atomic mass is 10.3. The molecule has 0 atom stereocenters. The molecule has 7 heteroatoms. The minimum Gasteiger partial charge on any atom is -0.354 e. The van der Waals surface area contributed by atoms with Crippen LogP contribution in [0.15, 0.2) is 30.5 Å². The fourth-order valence-electron chi connectivity index (χ4n) is 2.59. The van der Waals surface area contributed by atoms with Crippen LogP contribution in [0.2, 0.25) is 0 Å². The van der Waals surface area contributed by atoms with E-state index in [-0.39, 0.29) is 0 Å². The largest absolute Gasteiger partial charge is 0.354 e. The van der Waals surface area contributed by atoms with Gasteiger partial charge in [-0.25, -0.2) is 9.97 Å². The van der Waals surface area contributed by atoms with E-state index in [1.54, 1.807) is 12.3 Å². The number of rotatable bonds is 4. The van der Waals surface area contributed by atoms with Crippen molar-refractivity contribution in [3.8, 4) is 6.07 Å². The molecule has 1 aliphatic heterocycles. The number of hydrogen-bond acceptors (Lipinski definition) is 7. The SMILES string of the molecule is CCNc1nccc(N2CCN(c3cccc(C#N)n3)CC2)n1. The first kappa shape index (κ1) is 15.0. The zero-order chi connectivity index (χ0) is 16.1. The molecule has 1 N–H and O–H groups in total. The second kappa shape index (κ2) is 6.92. The van der Waals surface area contributed by atoms with Crippen molar-refractivity contribution in [1.29, 1.82) is 5.26 Å². The molecule has 3 rings (SSSR count). The maximum Gasteiger partial charge on any atom is 0.224 e. The van der Waals surface area contributed by atoms with Crippen LogP contribution in [0.25, 0.3) is 0 Å². The summed E-state index contributed by atoms with van der Waals surface area (Å²) in [5.74, 6) is 2.46. The highest BCUT2D eigenvalue weighted by Crippen LogP contribution is 2.18. The van der Waals surface area contributed by atoms with Crippen LogP contribution >= 0.6 is 0 Å². The Balaban J connectivity index is 1.66. The Morgan fingerprint density at radius 2 is 1.78 bits per heavy atom. The van der Waals surface area contributed by atoms with Crippen molar-refractivity contribution in [3.05, 3.63) is 36.2 Å². The predicted molar refractivity (Wildman–Crippen MR) is 89.6 cm³/mol. The van der Waals surface area contributed by atoms with E-state index in [4.69, 9.17) is 5.26 Å². The Labute approximate surface area is 135 Å². The van der Waals surface area contributed by atoms with Gasteiger partial charge in [-0.3, -0.25) is 0 Å². The molecule has 0 amide bonds. The average Bonchev–Trinajstić information content (AvgIpc) is 2.62. The number of nitrogens with zero attached hydrogens (tertiary/aromatic N) is 6. The van der Waals surface area contributed by atoms with E-state index in [9.17, 15) is 0 Å². The lowest BCUT2D eigenvalue weighted by Gasteiger charge is -2.36. The molecule has 0 aliphatic carbocycles. The molecule has 1 fully saturated rings. The molecule has 0 saturated carbocycles. The number of piperazine rings is 1. The second-order valence-corrected chi connectivity index (χ2v) is 5.24. The first-order chi connectivity index (χ1) is 11.3. The summed E-state index contributed by atoms with van der Waals surface area (Å²) in [4.78, 5) is 17.5. The van der Waals surface area contributed by atoms with Gasteiger partial charge in [0, 0.05) is 38.9 Å². The molecule has 0 spiro atoms. The highest BCUT2D eigenvalue weighted by molar-refractivity contribution is 5.47. The molecule has 0 bridgehead atoms. The van der Waals surface area contributed by atoms with Crippen LogP contribution in [0, 0.1) is 11.3 Å². The number of aromatic nitrogens is 3. The summed E-state index contributed by atoms with van der Waals surface area (Å²) in [6.07, 6.45) is 1.78. The van der Waals surface area contributed by atoms with Crippen LogP contribution in [0.5, 0.6) is 0 Å². The van der Waals surface area contributed by atoms with Gasteiger partial charge in [0.1, 0.15) is 23.4 Å². The number of pyridine rings is 1. The smallest absolute Gasteiger partial charge is 0.224 e. The topological polar surface area (TPSA) is 81.0 Å². The maximum atomic E-state index is 8.96. The van der Waals surface area contributed by atoms with Crippen LogP contribution in [0.1, 0.15) is 12.6 Å². The number of hydrogen-bond donors (Lipinski definition) is 1. The lowest BCUT2D eigenvalue weighted by molar-refractivity contribution is 0.641. The fraction of sp³-hybridized carbons (Fsp3) is 0.375. The van der Waals surface area contributed by atoms with E-state index in [0.717, 1.165) is 44.4 Å². The summed E-state index contributed by atoms with van der Waals surface area (Å²) in [6.45, 7) is 6.25. The highest BCUT2D eigenvalue weighted by atomic mass is 15.3. The van der Waals surface area contributed by atoms with Crippen LogP contribution in [0.3, 0.4) is 0 Å². The van der Waals surface area contributed by atoms with Crippen LogP contribution in [-0.2, 0) is 0 Å². The van der Waals surface area contributed by atoms with Gasteiger partial charge in [-0.15, -0.1) is 0 Å². The summed E-state index contributed by atoms with van der Waals surface area (Å²) in [5.41, 5.74) is 0.455. The van der Waals surface area contributed by atoms with Crippen LogP contribution < -0.4 is 15.1 Å². The molecule has 0 unspecified atom stereocenters. The molecule has 2 aromatic heterocycles. The molecule has 118 valence electrons.